The second kappa shape index (κ2) is 4.05. The van der Waals surface area contributed by atoms with E-state index in [-0.39, 0.29) is 6.04 Å². The summed E-state index contributed by atoms with van der Waals surface area (Å²) in [7, 11) is 1.85. The lowest BCUT2D eigenvalue weighted by atomic mass is 10.2. The molecule has 6 nitrogen and oxygen atoms in total. The highest BCUT2D eigenvalue weighted by molar-refractivity contribution is 5.54. The zero-order chi connectivity index (χ0) is 11.7. The Balaban J connectivity index is 2.35. The highest BCUT2D eigenvalue weighted by Gasteiger charge is 2.16. The molecule has 2 aromatic rings. The van der Waals surface area contributed by atoms with E-state index < -0.39 is 0 Å². The van der Waals surface area contributed by atoms with Gasteiger partial charge in [0.05, 0.1) is 17.3 Å². The van der Waals surface area contributed by atoms with Gasteiger partial charge < -0.3 is 10.3 Å². The Morgan fingerprint density at radius 1 is 1.56 bits per heavy atom. The van der Waals surface area contributed by atoms with Gasteiger partial charge in [-0.15, -0.1) is 0 Å². The fourth-order valence-corrected chi connectivity index (χ4v) is 1.49. The fourth-order valence-electron chi connectivity index (χ4n) is 1.49. The number of rotatable bonds is 3. The first-order valence-corrected chi connectivity index (χ1v) is 5.21. The molecule has 0 aromatic carbocycles. The fraction of sp³-hybridized carbons (Fsp3) is 0.500. The summed E-state index contributed by atoms with van der Waals surface area (Å²) < 4.78 is 6.89. The number of aromatic nitrogens is 4. The quantitative estimate of drug-likeness (QED) is 0.841. The minimum Gasteiger partial charge on any atom is -0.334 e. The molecule has 2 aromatic heterocycles. The predicted molar refractivity (Wildman–Crippen MR) is 58.5 cm³/mol. The van der Waals surface area contributed by atoms with Crippen LogP contribution in [0, 0.1) is 6.92 Å². The Hall–Kier alpha value is -1.69. The van der Waals surface area contributed by atoms with Crippen LogP contribution in [0.1, 0.15) is 30.9 Å². The van der Waals surface area contributed by atoms with Gasteiger partial charge in [0.15, 0.2) is 5.82 Å². The zero-order valence-electron chi connectivity index (χ0n) is 9.64. The summed E-state index contributed by atoms with van der Waals surface area (Å²) in [5, 5.41) is 8.08. The molecule has 0 aliphatic carbocycles. The van der Waals surface area contributed by atoms with Crippen LogP contribution in [0.25, 0.3) is 11.5 Å². The molecule has 1 unspecified atom stereocenters. The Morgan fingerprint density at radius 3 is 2.88 bits per heavy atom. The molecule has 0 fully saturated rings. The normalized spacial score (nSPS) is 13.0. The number of hydrogen-bond acceptors (Lipinski definition) is 5. The maximum Gasteiger partial charge on any atom is 0.261 e. The van der Waals surface area contributed by atoms with Gasteiger partial charge in [0, 0.05) is 13.2 Å². The molecule has 16 heavy (non-hydrogen) atoms. The zero-order valence-corrected chi connectivity index (χ0v) is 9.64. The molecule has 0 radical (unpaired) electrons. The van der Waals surface area contributed by atoms with Crippen molar-refractivity contribution in [2.24, 2.45) is 12.8 Å². The number of nitrogens with zero attached hydrogens (tertiary/aromatic N) is 4. The lowest BCUT2D eigenvalue weighted by Gasteiger charge is -1.99. The summed E-state index contributed by atoms with van der Waals surface area (Å²) in [5.74, 6) is 1.02. The van der Waals surface area contributed by atoms with Gasteiger partial charge in [0.1, 0.15) is 0 Å². The van der Waals surface area contributed by atoms with E-state index in [1.807, 2.05) is 27.1 Å². The van der Waals surface area contributed by atoms with Crippen LogP contribution in [0.2, 0.25) is 0 Å². The lowest BCUT2D eigenvalue weighted by molar-refractivity contribution is 0.415. The van der Waals surface area contributed by atoms with E-state index in [4.69, 9.17) is 10.3 Å². The average Bonchev–Trinajstić information content (AvgIpc) is 2.83. The van der Waals surface area contributed by atoms with Gasteiger partial charge in [0.2, 0.25) is 0 Å². The summed E-state index contributed by atoms with van der Waals surface area (Å²) in [5.41, 5.74) is 7.54. The predicted octanol–water partition coefficient (Wildman–Crippen LogP) is 1.19. The van der Waals surface area contributed by atoms with Crippen LogP contribution in [0.5, 0.6) is 0 Å². The number of nitrogens with two attached hydrogens (primary N) is 1. The Morgan fingerprint density at radius 2 is 2.31 bits per heavy atom. The van der Waals surface area contributed by atoms with Crippen molar-refractivity contribution in [1.29, 1.82) is 0 Å². The Kier molecular flexibility index (Phi) is 2.74. The summed E-state index contributed by atoms with van der Waals surface area (Å²) in [6.45, 7) is 3.88. The van der Waals surface area contributed by atoms with Gasteiger partial charge in [-0.1, -0.05) is 12.1 Å². The number of aryl methyl sites for hydroxylation is 2. The maximum absolute atomic E-state index is 5.82. The van der Waals surface area contributed by atoms with Gasteiger partial charge in [-0.25, -0.2) is 0 Å². The monoisotopic (exact) mass is 221 g/mol. The van der Waals surface area contributed by atoms with E-state index in [0.717, 1.165) is 17.7 Å². The average molecular weight is 221 g/mol. The van der Waals surface area contributed by atoms with Gasteiger partial charge >= 0.3 is 0 Å². The lowest BCUT2D eigenvalue weighted by Crippen LogP contribution is -2.10. The van der Waals surface area contributed by atoms with Crippen molar-refractivity contribution in [2.45, 2.75) is 26.3 Å². The van der Waals surface area contributed by atoms with Crippen molar-refractivity contribution in [2.75, 3.05) is 0 Å². The molecule has 0 spiro atoms. The molecule has 0 saturated carbocycles. The topological polar surface area (TPSA) is 82.8 Å². The molecule has 86 valence electrons. The Bertz CT molecular complexity index is 487. The summed E-state index contributed by atoms with van der Waals surface area (Å²) >= 11 is 0. The van der Waals surface area contributed by atoms with Crippen molar-refractivity contribution in [3.8, 4) is 11.5 Å². The molecule has 6 heteroatoms. The maximum atomic E-state index is 5.82. The molecular formula is C10H15N5O. The van der Waals surface area contributed by atoms with E-state index in [2.05, 4.69) is 15.2 Å². The SMILES string of the molecule is CCC(N)c1noc(-c2cn(C)nc2C)n1. The van der Waals surface area contributed by atoms with Crippen molar-refractivity contribution in [3.05, 3.63) is 17.7 Å². The van der Waals surface area contributed by atoms with E-state index in [1.165, 1.54) is 0 Å². The van der Waals surface area contributed by atoms with Gasteiger partial charge in [0.25, 0.3) is 5.89 Å². The van der Waals surface area contributed by atoms with Crippen LogP contribution in [0.4, 0.5) is 0 Å². The highest BCUT2D eigenvalue weighted by atomic mass is 16.5. The molecule has 0 aliphatic rings. The first-order valence-electron chi connectivity index (χ1n) is 5.21. The van der Waals surface area contributed by atoms with Gasteiger partial charge in [-0.3, -0.25) is 4.68 Å². The minimum absolute atomic E-state index is 0.172. The molecule has 1 atom stereocenters. The van der Waals surface area contributed by atoms with E-state index >= 15 is 0 Å². The van der Waals surface area contributed by atoms with Crippen molar-refractivity contribution in [1.82, 2.24) is 19.9 Å². The van der Waals surface area contributed by atoms with E-state index in [1.54, 1.807) is 4.68 Å². The third-order valence-corrected chi connectivity index (χ3v) is 2.46. The molecule has 0 aliphatic heterocycles. The first-order chi connectivity index (χ1) is 7.61. The molecule has 0 bridgehead atoms. The van der Waals surface area contributed by atoms with Crippen LogP contribution < -0.4 is 5.73 Å². The van der Waals surface area contributed by atoms with Crippen molar-refractivity contribution in [3.63, 3.8) is 0 Å². The smallest absolute Gasteiger partial charge is 0.261 e. The third kappa shape index (κ3) is 1.83. The standard InChI is InChI=1S/C10H15N5O/c1-4-8(11)9-12-10(16-14-9)7-5-15(3)13-6(7)2/h5,8H,4,11H2,1-3H3. The summed E-state index contributed by atoms with van der Waals surface area (Å²) in [4.78, 5) is 4.27. The number of hydrogen-bond donors (Lipinski definition) is 1. The molecule has 2 heterocycles. The van der Waals surface area contributed by atoms with Crippen LogP contribution in [-0.4, -0.2) is 19.9 Å². The second-order valence-corrected chi connectivity index (χ2v) is 3.77. The molecule has 0 amide bonds. The van der Waals surface area contributed by atoms with Crippen LogP contribution in [0.15, 0.2) is 10.7 Å². The van der Waals surface area contributed by atoms with Crippen LogP contribution in [0.3, 0.4) is 0 Å². The van der Waals surface area contributed by atoms with E-state index in [0.29, 0.717) is 11.7 Å². The summed E-state index contributed by atoms with van der Waals surface area (Å²) in [6.07, 6.45) is 2.63. The van der Waals surface area contributed by atoms with Gasteiger partial charge in [-0.2, -0.15) is 10.1 Å². The molecule has 2 rings (SSSR count). The molecular weight excluding hydrogens is 206 g/mol. The van der Waals surface area contributed by atoms with Crippen molar-refractivity contribution < 1.29 is 4.52 Å². The van der Waals surface area contributed by atoms with Crippen LogP contribution >= 0.6 is 0 Å². The Labute approximate surface area is 93.4 Å². The summed E-state index contributed by atoms with van der Waals surface area (Å²) in [6, 6.07) is -0.172. The van der Waals surface area contributed by atoms with Crippen LogP contribution in [-0.2, 0) is 7.05 Å². The van der Waals surface area contributed by atoms with E-state index in [9.17, 15) is 0 Å². The molecule has 2 N–H and O–H groups in total. The van der Waals surface area contributed by atoms with Crippen molar-refractivity contribution >= 4 is 0 Å². The van der Waals surface area contributed by atoms with Gasteiger partial charge in [-0.05, 0) is 13.3 Å². The first kappa shape index (κ1) is 10.8. The molecule has 0 saturated heterocycles. The highest BCUT2D eigenvalue weighted by Crippen LogP contribution is 2.21. The minimum atomic E-state index is -0.172. The largest absolute Gasteiger partial charge is 0.334 e. The third-order valence-electron chi connectivity index (χ3n) is 2.46. The second-order valence-electron chi connectivity index (χ2n) is 3.77.